The Morgan fingerprint density at radius 3 is 2.55 bits per heavy atom. The highest BCUT2D eigenvalue weighted by molar-refractivity contribution is 5.17. The third kappa shape index (κ3) is 0.951. The lowest BCUT2D eigenvalue weighted by molar-refractivity contribution is -0.00595. The molecule has 2 bridgehead atoms. The minimum atomic E-state index is -0.586. The van der Waals surface area contributed by atoms with Crippen molar-refractivity contribution < 1.29 is 5.11 Å². The van der Waals surface area contributed by atoms with Crippen molar-refractivity contribution in [2.75, 3.05) is 0 Å². The summed E-state index contributed by atoms with van der Waals surface area (Å²) in [4.78, 5) is 0. The predicted octanol–water partition coefficient (Wildman–Crippen LogP) is 1.89. The SMILES string of the molecule is C=C[C@@]1(O)C[C@H]2C=C[C@@H]1CC2. The maximum absolute atomic E-state index is 10.0. The Balaban J connectivity index is 2.29. The van der Waals surface area contributed by atoms with Crippen molar-refractivity contribution >= 4 is 0 Å². The topological polar surface area (TPSA) is 20.2 Å². The van der Waals surface area contributed by atoms with Gasteiger partial charge in [-0.2, -0.15) is 0 Å². The quantitative estimate of drug-likeness (QED) is 0.566. The van der Waals surface area contributed by atoms with Crippen molar-refractivity contribution in [2.24, 2.45) is 11.8 Å². The van der Waals surface area contributed by atoms with Gasteiger partial charge in [0.05, 0.1) is 5.60 Å². The van der Waals surface area contributed by atoms with E-state index in [-0.39, 0.29) is 0 Å². The molecule has 0 radical (unpaired) electrons. The molecule has 0 aromatic heterocycles. The molecule has 3 rings (SSSR count). The molecule has 3 aliphatic rings. The van der Waals surface area contributed by atoms with Gasteiger partial charge in [-0.25, -0.2) is 0 Å². The van der Waals surface area contributed by atoms with E-state index in [0.717, 1.165) is 12.8 Å². The van der Waals surface area contributed by atoms with Gasteiger partial charge in [0, 0.05) is 5.92 Å². The summed E-state index contributed by atoms with van der Waals surface area (Å²) >= 11 is 0. The first kappa shape index (κ1) is 7.11. The lowest BCUT2D eigenvalue weighted by Crippen LogP contribution is -2.43. The summed E-state index contributed by atoms with van der Waals surface area (Å²) in [6.45, 7) is 3.69. The highest BCUT2D eigenvalue weighted by atomic mass is 16.3. The lowest BCUT2D eigenvalue weighted by Gasteiger charge is -2.43. The van der Waals surface area contributed by atoms with Crippen LogP contribution in [0.1, 0.15) is 19.3 Å². The molecule has 1 nitrogen and oxygen atoms in total. The second-order valence-electron chi connectivity index (χ2n) is 3.73. The van der Waals surface area contributed by atoms with Gasteiger partial charge in [0.2, 0.25) is 0 Å². The average Bonchev–Trinajstić information content (AvgIpc) is 2.06. The van der Waals surface area contributed by atoms with Gasteiger partial charge in [0.1, 0.15) is 0 Å². The Bertz CT molecular complexity index is 207. The van der Waals surface area contributed by atoms with E-state index in [4.69, 9.17) is 0 Å². The van der Waals surface area contributed by atoms with Crippen molar-refractivity contribution in [3.8, 4) is 0 Å². The summed E-state index contributed by atoms with van der Waals surface area (Å²) < 4.78 is 0. The summed E-state index contributed by atoms with van der Waals surface area (Å²) in [7, 11) is 0. The highest BCUT2D eigenvalue weighted by Crippen LogP contribution is 2.43. The molecule has 0 unspecified atom stereocenters. The second-order valence-corrected chi connectivity index (χ2v) is 3.73. The van der Waals surface area contributed by atoms with Crippen LogP contribution >= 0.6 is 0 Å². The first-order valence-corrected chi connectivity index (χ1v) is 4.29. The normalized spacial score (nSPS) is 47.7. The molecule has 0 aromatic rings. The average molecular weight is 150 g/mol. The molecule has 3 atom stereocenters. The van der Waals surface area contributed by atoms with Gasteiger partial charge < -0.3 is 5.11 Å². The van der Waals surface area contributed by atoms with Crippen LogP contribution in [0.15, 0.2) is 24.8 Å². The zero-order valence-corrected chi connectivity index (χ0v) is 6.66. The van der Waals surface area contributed by atoms with E-state index in [1.807, 2.05) is 0 Å². The predicted molar refractivity (Wildman–Crippen MR) is 45.1 cm³/mol. The van der Waals surface area contributed by atoms with Gasteiger partial charge >= 0.3 is 0 Å². The summed E-state index contributed by atoms with van der Waals surface area (Å²) in [6.07, 6.45) is 9.37. The zero-order chi connectivity index (χ0) is 7.90. The summed E-state index contributed by atoms with van der Waals surface area (Å²) in [5.41, 5.74) is -0.586. The number of rotatable bonds is 1. The van der Waals surface area contributed by atoms with Gasteiger partial charge in [-0.3, -0.25) is 0 Å². The minimum Gasteiger partial charge on any atom is -0.385 e. The molecular formula is C10H14O. The molecule has 0 saturated heterocycles. The van der Waals surface area contributed by atoms with Crippen LogP contribution in [0.5, 0.6) is 0 Å². The third-order valence-electron chi connectivity index (χ3n) is 3.05. The van der Waals surface area contributed by atoms with Crippen molar-refractivity contribution in [3.05, 3.63) is 24.8 Å². The Labute approximate surface area is 67.4 Å². The van der Waals surface area contributed by atoms with E-state index in [1.165, 1.54) is 6.42 Å². The Morgan fingerprint density at radius 1 is 1.45 bits per heavy atom. The van der Waals surface area contributed by atoms with Crippen LogP contribution in [0, 0.1) is 11.8 Å². The zero-order valence-electron chi connectivity index (χ0n) is 6.66. The Hall–Kier alpha value is -0.560. The van der Waals surface area contributed by atoms with Gasteiger partial charge in [0.15, 0.2) is 0 Å². The van der Waals surface area contributed by atoms with Crippen LogP contribution in [0.3, 0.4) is 0 Å². The first-order valence-electron chi connectivity index (χ1n) is 4.29. The van der Waals surface area contributed by atoms with Crippen LogP contribution < -0.4 is 0 Å². The molecule has 60 valence electrons. The van der Waals surface area contributed by atoms with Crippen molar-refractivity contribution in [1.82, 2.24) is 0 Å². The second kappa shape index (κ2) is 2.21. The van der Waals surface area contributed by atoms with Crippen molar-refractivity contribution in [1.29, 1.82) is 0 Å². The molecule has 1 heteroatoms. The lowest BCUT2D eigenvalue weighted by atomic mass is 9.66. The number of hydrogen-bond acceptors (Lipinski definition) is 1. The van der Waals surface area contributed by atoms with E-state index >= 15 is 0 Å². The molecular weight excluding hydrogens is 136 g/mol. The summed E-state index contributed by atoms with van der Waals surface area (Å²) in [6, 6.07) is 0. The first-order chi connectivity index (χ1) is 5.24. The molecule has 1 saturated carbocycles. The highest BCUT2D eigenvalue weighted by Gasteiger charge is 2.40. The third-order valence-corrected chi connectivity index (χ3v) is 3.05. The maximum Gasteiger partial charge on any atom is 0.0892 e. The molecule has 0 amide bonds. The van der Waals surface area contributed by atoms with Crippen LogP contribution in [0.2, 0.25) is 0 Å². The molecule has 11 heavy (non-hydrogen) atoms. The van der Waals surface area contributed by atoms with Crippen LogP contribution in [0.4, 0.5) is 0 Å². The van der Waals surface area contributed by atoms with E-state index in [2.05, 4.69) is 18.7 Å². The fraction of sp³-hybridized carbons (Fsp3) is 0.600. The van der Waals surface area contributed by atoms with Crippen LogP contribution in [-0.4, -0.2) is 10.7 Å². The van der Waals surface area contributed by atoms with Gasteiger partial charge in [-0.05, 0) is 25.2 Å². The van der Waals surface area contributed by atoms with E-state index in [0.29, 0.717) is 11.8 Å². The fourth-order valence-corrected chi connectivity index (χ4v) is 2.27. The molecule has 0 aromatic carbocycles. The van der Waals surface area contributed by atoms with Gasteiger partial charge in [-0.15, -0.1) is 6.58 Å². The standard InChI is InChI=1S/C10H14O/c1-2-10(11)7-8-3-5-9(10)6-4-8/h2-3,5,8-9,11H,1,4,6-7H2/t8-,9+,10+/m0/s1. The van der Waals surface area contributed by atoms with E-state index in [1.54, 1.807) is 6.08 Å². The molecule has 1 fully saturated rings. The fourth-order valence-electron chi connectivity index (χ4n) is 2.27. The van der Waals surface area contributed by atoms with Gasteiger partial charge in [-0.1, -0.05) is 18.2 Å². The maximum atomic E-state index is 10.0. The Morgan fingerprint density at radius 2 is 2.27 bits per heavy atom. The molecule has 0 spiro atoms. The van der Waals surface area contributed by atoms with E-state index in [9.17, 15) is 5.11 Å². The summed E-state index contributed by atoms with van der Waals surface area (Å²) in [5, 5.41) is 10.0. The van der Waals surface area contributed by atoms with Crippen LogP contribution in [0.25, 0.3) is 0 Å². The number of hydrogen-bond donors (Lipinski definition) is 1. The molecule has 0 aliphatic heterocycles. The smallest absolute Gasteiger partial charge is 0.0892 e. The van der Waals surface area contributed by atoms with Crippen LogP contribution in [-0.2, 0) is 0 Å². The minimum absolute atomic E-state index is 0.338. The number of fused-ring (bicyclic) bond motifs is 2. The number of aliphatic hydroxyl groups is 1. The monoisotopic (exact) mass is 150 g/mol. The number of allylic oxidation sites excluding steroid dienone is 1. The van der Waals surface area contributed by atoms with Crippen molar-refractivity contribution in [3.63, 3.8) is 0 Å². The van der Waals surface area contributed by atoms with Crippen molar-refractivity contribution in [2.45, 2.75) is 24.9 Å². The molecule has 3 aliphatic carbocycles. The molecule has 0 heterocycles. The van der Waals surface area contributed by atoms with E-state index < -0.39 is 5.60 Å². The largest absolute Gasteiger partial charge is 0.385 e. The summed E-state index contributed by atoms with van der Waals surface area (Å²) in [5.74, 6) is 0.938. The Kier molecular flexibility index (Phi) is 1.43. The molecule has 1 N–H and O–H groups in total. The van der Waals surface area contributed by atoms with Gasteiger partial charge in [0.25, 0.3) is 0 Å².